The molecule has 0 bridgehead atoms. The second-order valence-corrected chi connectivity index (χ2v) is 7.16. The molecule has 0 N–H and O–H groups in total. The fraction of sp³-hybridized carbons (Fsp3) is 0.500. The summed E-state index contributed by atoms with van der Waals surface area (Å²) in [6.07, 6.45) is 5.48. The van der Waals surface area contributed by atoms with Crippen LogP contribution < -0.4 is 0 Å². The topological polar surface area (TPSA) is 41.4 Å². The molecule has 1 aromatic heterocycles. The summed E-state index contributed by atoms with van der Waals surface area (Å²) in [6, 6.07) is 7.86. The molecule has 1 amide bonds. The quantitative estimate of drug-likeness (QED) is 0.863. The van der Waals surface area contributed by atoms with Crippen molar-refractivity contribution in [2.45, 2.75) is 39.3 Å². The molecule has 2 aromatic rings. The Morgan fingerprint density at radius 1 is 1.08 bits per heavy atom. The second-order valence-electron chi connectivity index (χ2n) is 7.16. The molecule has 0 unspecified atom stereocenters. The highest BCUT2D eigenvalue weighted by Gasteiger charge is 2.23. The fourth-order valence-corrected chi connectivity index (χ4v) is 3.98. The number of imidazole rings is 1. The maximum Gasteiger partial charge on any atom is 0.254 e. The molecule has 0 radical (unpaired) electrons. The molecular formula is C20H26N4O. The van der Waals surface area contributed by atoms with Crippen LogP contribution in [0.4, 0.5) is 0 Å². The van der Waals surface area contributed by atoms with E-state index in [1.807, 2.05) is 42.3 Å². The third-order valence-corrected chi connectivity index (χ3v) is 5.47. The van der Waals surface area contributed by atoms with Crippen molar-refractivity contribution in [3.05, 3.63) is 53.1 Å². The summed E-state index contributed by atoms with van der Waals surface area (Å²) in [5, 5.41) is 0. The molecular weight excluding hydrogens is 312 g/mol. The smallest absolute Gasteiger partial charge is 0.254 e. The minimum Gasteiger partial charge on any atom is -0.336 e. The van der Waals surface area contributed by atoms with E-state index < -0.39 is 0 Å². The van der Waals surface area contributed by atoms with Crippen molar-refractivity contribution in [1.29, 1.82) is 0 Å². The average Bonchev–Trinajstić information content (AvgIpc) is 3.21. The van der Waals surface area contributed by atoms with Crippen LogP contribution in [-0.2, 0) is 19.5 Å². The largest absolute Gasteiger partial charge is 0.336 e. The number of rotatable bonds is 3. The molecule has 0 spiro atoms. The normalized spacial score (nSPS) is 18.2. The monoisotopic (exact) mass is 338 g/mol. The van der Waals surface area contributed by atoms with Gasteiger partial charge in [-0.05, 0) is 44.5 Å². The van der Waals surface area contributed by atoms with Gasteiger partial charge in [-0.25, -0.2) is 4.98 Å². The van der Waals surface area contributed by atoms with Gasteiger partial charge in [0.25, 0.3) is 5.91 Å². The number of nitrogens with zero attached hydrogens (tertiary/aromatic N) is 4. The number of hydrogen-bond donors (Lipinski definition) is 0. The van der Waals surface area contributed by atoms with Gasteiger partial charge in [-0.3, -0.25) is 9.69 Å². The third kappa shape index (κ3) is 3.33. The van der Waals surface area contributed by atoms with Gasteiger partial charge in [-0.1, -0.05) is 18.2 Å². The van der Waals surface area contributed by atoms with Gasteiger partial charge in [-0.15, -0.1) is 0 Å². The summed E-state index contributed by atoms with van der Waals surface area (Å²) < 4.78 is 2.34. The van der Waals surface area contributed by atoms with E-state index >= 15 is 0 Å². The molecule has 0 atom stereocenters. The minimum absolute atomic E-state index is 0.143. The van der Waals surface area contributed by atoms with E-state index in [-0.39, 0.29) is 5.91 Å². The van der Waals surface area contributed by atoms with Crippen molar-refractivity contribution in [2.24, 2.45) is 0 Å². The molecule has 3 heterocycles. The Morgan fingerprint density at radius 3 is 2.68 bits per heavy atom. The Hall–Kier alpha value is -2.14. The highest BCUT2D eigenvalue weighted by atomic mass is 16.2. The molecule has 0 saturated carbocycles. The van der Waals surface area contributed by atoms with Gasteiger partial charge < -0.3 is 9.47 Å². The molecule has 1 fully saturated rings. The number of aromatic nitrogens is 2. The van der Waals surface area contributed by atoms with E-state index in [4.69, 9.17) is 0 Å². The summed E-state index contributed by atoms with van der Waals surface area (Å²) in [6.45, 7) is 7.72. The Balaban J connectivity index is 1.47. The van der Waals surface area contributed by atoms with Gasteiger partial charge >= 0.3 is 0 Å². The summed E-state index contributed by atoms with van der Waals surface area (Å²) in [4.78, 5) is 22.0. The van der Waals surface area contributed by atoms with E-state index in [1.54, 1.807) is 0 Å². The first-order valence-electron chi connectivity index (χ1n) is 9.33. The molecule has 1 aromatic carbocycles. The van der Waals surface area contributed by atoms with E-state index in [2.05, 4.69) is 14.5 Å². The van der Waals surface area contributed by atoms with Gasteiger partial charge in [0.15, 0.2) is 0 Å². The Morgan fingerprint density at radius 2 is 1.88 bits per heavy atom. The molecule has 132 valence electrons. The predicted molar refractivity (Wildman–Crippen MR) is 97.5 cm³/mol. The minimum atomic E-state index is 0.143. The van der Waals surface area contributed by atoms with Crippen molar-refractivity contribution >= 4 is 5.91 Å². The number of likely N-dealkylation sites (tertiary alicyclic amines) is 1. The van der Waals surface area contributed by atoms with Crippen LogP contribution in [0.15, 0.2) is 30.5 Å². The first kappa shape index (κ1) is 16.3. The zero-order valence-corrected chi connectivity index (χ0v) is 14.9. The molecule has 5 heteroatoms. The van der Waals surface area contributed by atoms with Gasteiger partial charge in [0.2, 0.25) is 0 Å². The number of benzene rings is 1. The van der Waals surface area contributed by atoms with Crippen LogP contribution in [0.3, 0.4) is 0 Å². The molecule has 4 rings (SSSR count). The van der Waals surface area contributed by atoms with E-state index in [0.717, 1.165) is 49.6 Å². The highest BCUT2D eigenvalue weighted by Crippen LogP contribution is 2.18. The first-order chi connectivity index (χ1) is 12.2. The zero-order chi connectivity index (χ0) is 17.2. The van der Waals surface area contributed by atoms with Gasteiger partial charge in [0, 0.05) is 44.4 Å². The van der Waals surface area contributed by atoms with Crippen LogP contribution >= 0.6 is 0 Å². The second kappa shape index (κ2) is 7.00. The van der Waals surface area contributed by atoms with Crippen LogP contribution in [0.25, 0.3) is 0 Å². The lowest BCUT2D eigenvalue weighted by Crippen LogP contribution is -2.34. The highest BCUT2D eigenvalue weighted by molar-refractivity contribution is 5.95. The lowest BCUT2D eigenvalue weighted by Gasteiger charge is -2.21. The number of hydrogen-bond acceptors (Lipinski definition) is 3. The summed E-state index contributed by atoms with van der Waals surface area (Å²) in [5.41, 5.74) is 3.16. The SMILES string of the molecule is Cc1ccccc1C(=O)N1CCc2ncc(CN3CCCC3)n2CC1. The maximum absolute atomic E-state index is 12.9. The van der Waals surface area contributed by atoms with Crippen LogP contribution in [0.2, 0.25) is 0 Å². The lowest BCUT2D eigenvalue weighted by molar-refractivity contribution is 0.0758. The predicted octanol–water partition coefficient (Wildman–Crippen LogP) is 2.49. The standard InChI is InChI=1S/C20H26N4O/c1-16-6-2-3-7-18(16)20(25)23-11-8-19-21-14-17(24(19)13-12-23)15-22-9-4-5-10-22/h2-3,6-7,14H,4-5,8-13,15H2,1H3. The lowest BCUT2D eigenvalue weighted by atomic mass is 10.1. The van der Waals surface area contributed by atoms with Crippen molar-refractivity contribution in [2.75, 3.05) is 26.2 Å². The first-order valence-corrected chi connectivity index (χ1v) is 9.33. The number of carbonyl (C=O) groups is 1. The molecule has 5 nitrogen and oxygen atoms in total. The summed E-state index contributed by atoms with van der Waals surface area (Å²) in [5.74, 6) is 1.26. The molecule has 25 heavy (non-hydrogen) atoms. The molecule has 0 aliphatic carbocycles. The number of carbonyl (C=O) groups excluding carboxylic acids is 1. The number of aryl methyl sites for hydroxylation is 1. The Labute approximate surface area is 149 Å². The van der Waals surface area contributed by atoms with E-state index in [1.165, 1.54) is 31.6 Å². The average molecular weight is 338 g/mol. The molecule has 1 saturated heterocycles. The molecule has 2 aliphatic heterocycles. The van der Waals surface area contributed by atoms with Crippen LogP contribution in [0, 0.1) is 6.92 Å². The Bertz CT molecular complexity index is 761. The van der Waals surface area contributed by atoms with Gasteiger partial charge in [0.05, 0.1) is 5.69 Å². The summed E-state index contributed by atoms with van der Waals surface area (Å²) >= 11 is 0. The number of amides is 1. The van der Waals surface area contributed by atoms with Gasteiger partial charge in [-0.2, -0.15) is 0 Å². The fourth-order valence-electron chi connectivity index (χ4n) is 3.98. The zero-order valence-electron chi connectivity index (χ0n) is 14.9. The van der Waals surface area contributed by atoms with Crippen molar-refractivity contribution in [3.63, 3.8) is 0 Å². The number of fused-ring (bicyclic) bond motifs is 1. The van der Waals surface area contributed by atoms with Crippen LogP contribution in [0.1, 0.15) is 40.3 Å². The maximum atomic E-state index is 12.9. The van der Waals surface area contributed by atoms with Gasteiger partial charge in [0.1, 0.15) is 5.82 Å². The summed E-state index contributed by atoms with van der Waals surface area (Å²) in [7, 11) is 0. The van der Waals surface area contributed by atoms with Crippen LogP contribution in [-0.4, -0.2) is 51.4 Å². The molecule has 2 aliphatic rings. The van der Waals surface area contributed by atoms with E-state index in [0.29, 0.717) is 0 Å². The van der Waals surface area contributed by atoms with Crippen molar-refractivity contribution in [1.82, 2.24) is 19.4 Å². The van der Waals surface area contributed by atoms with Crippen molar-refractivity contribution < 1.29 is 4.79 Å². The third-order valence-electron chi connectivity index (χ3n) is 5.47. The van der Waals surface area contributed by atoms with Crippen molar-refractivity contribution in [3.8, 4) is 0 Å². The van der Waals surface area contributed by atoms with E-state index in [9.17, 15) is 4.79 Å². The van der Waals surface area contributed by atoms with Crippen LogP contribution in [0.5, 0.6) is 0 Å². The Kier molecular flexibility index (Phi) is 4.57.